The third-order valence-corrected chi connectivity index (χ3v) is 3.89. The zero-order valence-electron chi connectivity index (χ0n) is 9.00. The molecular formula is C9H18N2O2S. The van der Waals surface area contributed by atoms with Gasteiger partial charge in [-0.05, 0) is 19.3 Å². The maximum absolute atomic E-state index is 11.5. The molecule has 5 heteroatoms. The van der Waals surface area contributed by atoms with Crippen molar-refractivity contribution >= 4 is 10.0 Å². The largest absolute Gasteiger partial charge is 0.212 e. The highest BCUT2D eigenvalue weighted by atomic mass is 32.2. The smallest absolute Gasteiger partial charge is 0.212 e. The molecule has 0 amide bonds. The molecule has 82 valence electrons. The van der Waals surface area contributed by atoms with Gasteiger partial charge in [0.15, 0.2) is 0 Å². The Morgan fingerprint density at radius 3 is 2.07 bits per heavy atom. The van der Waals surface area contributed by atoms with Crippen LogP contribution in [0.3, 0.4) is 0 Å². The summed E-state index contributed by atoms with van der Waals surface area (Å²) in [6.07, 6.45) is 1.54. The number of nitriles is 1. The van der Waals surface area contributed by atoms with E-state index in [2.05, 4.69) is 4.72 Å². The third-order valence-electron chi connectivity index (χ3n) is 2.24. The van der Waals surface area contributed by atoms with Gasteiger partial charge in [-0.1, -0.05) is 20.8 Å². The van der Waals surface area contributed by atoms with Crippen molar-refractivity contribution < 1.29 is 8.42 Å². The van der Waals surface area contributed by atoms with Crippen LogP contribution in [0.15, 0.2) is 0 Å². The van der Waals surface area contributed by atoms with E-state index < -0.39 is 15.6 Å². The molecule has 4 nitrogen and oxygen atoms in total. The lowest BCUT2D eigenvalue weighted by Gasteiger charge is -2.24. The first-order valence-corrected chi connectivity index (χ1v) is 6.53. The van der Waals surface area contributed by atoms with Crippen molar-refractivity contribution in [2.24, 2.45) is 0 Å². The quantitative estimate of drug-likeness (QED) is 0.732. The Bertz CT molecular complexity index is 299. The van der Waals surface area contributed by atoms with E-state index in [1.165, 1.54) is 0 Å². The van der Waals surface area contributed by atoms with Gasteiger partial charge in [-0.3, -0.25) is 0 Å². The lowest BCUT2D eigenvalue weighted by atomic mass is 9.97. The van der Waals surface area contributed by atoms with Gasteiger partial charge in [-0.2, -0.15) is 9.98 Å². The second-order valence-corrected chi connectivity index (χ2v) is 5.16. The average Bonchev–Trinajstić information content (AvgIpc) is 2.14. The molecular weight excluding hydrogens is 200 g/mol. The standard InChI is InChI=1S/C9H18N2O2S/c1-4-7-14(12,13)11-9(5-2,6-3)8-10/h11H,4-7H2,1-3H3. The van der Waals surface area contributed by atoms with Crippen molar-refractivity contribution in [3.8, 4) is 6.07 Å². The SMILES string of the molecule is CCCS(=O)(=O)NC(C#N)(CC)CC. The molecule has 0 spiro atoms. The Hall–Kier alpha value is -0.600. The summed E-state index contributed by atoms with van der Waals surface area (Å²) in [5, 5.41) is 8.93. The fourth-order valence-electron chi connectivity index (χ4n) is 1.19. The van der Waals surface area contributed by atoms with Crippen molar-refractivity contribution in [2.75, 3.05) is 5.75 Å². The van der Waals surface area contributed by atoms with Gasteiger partial charge in [0.25, 0.3) is 0 Å². The monoisotopic (exact) mass is 218 g/mol. The van der Waals surface area contributed by atoms with Gasteiger partial charge in [-0.15, -0.1) is 0 Å². The zero-order valence-corrected chi connectivity index (χ0v) is 9.82. The van der Waals surface area contributed by atoms with Crippen LogP contribution in [0.25, 0.3) is 0 Å². The molecule has 14 heavy (non-hydrogen) atoms. The van der Waals surface area contributed by atoms with E-state index in [-0.39, 0.29) is 5.75 Å². The number of hydrogen-bond acceptors (Lipinski definition) is 3. The van der Waals surface area contributed by atoms with Crippen LogP contribution in [0.5, 0.6) is 0 Å². The highest BCUT2D eigenvalue weighted by Crippen LogP contribution is 2.15. The van der Waals surface area contributed by atoms with E-state index in [0.29, 0.717) is 19.3 Å². The number of hydrogen-bond donors (Lipinski definition) is 1. The minimum Gasteiger partial charge on any atom is -0.212 e. The summed E-state index contributed by atoms with van der Waals surface area (Å²) in [5.74, 6) is 0.0798. The summed E-state index contributed by atoms with van der Waals surface area (Å²) in [4.78, 5) is 0. The van der Waals surface area contributed by atoms with Crippen LogP contribution in [-0.4, -0.2) is 19.7 Å². The Morgan fingerprint density at radius 2 is 1.79 bits per heavy atom. The molecule has 0 saturated heterocycles. The predicted molar refractivity (Wildman–Crippen MR) is 56.1 cm³/mol. The molecule has 0 unspecified atom stereocenters. The van der Waals surface area contributed by atoms with Gasteiger partial charge in [0, 0.05) is 0 Å². The molecule has 0 atom stereocenters. The predicted octanol–water partition coefficient (Wildman–Crippen LogP) is 1.40. The van der Waals surface area contributed by atoms with Gasteiger partial charge in [-0.25, -0.2) is 8.42 Å². The number of nitrogens with one attached hydrogen (secondary N) is 1. The summed E-state index contributed by atoms with van der Waals surface area (Å²) in [6, 6.07) is 2.04. The van der Waals surface area contributed by atoms with Gasteiger partial charge < -0.3 is 0 Å². The van der Waals surface area contributed by atoms with E-state index in [0.717, 1.165) is 0 Å². The maximum atomic E-state index is 11.5. The van der Waals surface area contributed by atoms with Crippen molar-refractivity contribution in [2.45, 2.75) is 45.6 Å². The van der Waals surface area contributed by atoms with Gasteiger partial charge >= 0.3 is 0 Å². The molecule has 0 heterocycles. The second-order valence-electron chi connectivity index (χ2n) is 3.32. The van der Waals surface area contributed by atoms with Crippen molar-refractivity contribution in [3.63, 3.8) is 0 Å². The summed E-state index contributed by atoms with van der Waals surface area (Å²) in [5.41, 5.74) is -0.923. The lowest BCUT2D eigenvalue weighted by molar-refractivity contribution is 0.446. The van der Waals surface area contributed by atoms with Gasteiger partial charge in [0.05, 0.1) is 11.8 Å². The topological polar surface area (TPSA) is 70.0 Å². The van der Waals surface area contributed by atoms with Crippen LogP contribution < -0.4 is 4.72 Å². The molecule has 0 aromatic heterocycles. The summed E-state index contributed by atoms with van der Waals surface area (Å²) in [7, 11) is -3.30. The second kappa shape index (κ2) is 5.32. The summed E-state index contributed by atoms with van der Waals surface area (Å²) in [6.45, 7) is 5.41. The molecule has 0 aliphatic rings. The van der Waals surface area contributed by atoms with Crippen LogP contribution in [0, 0.1) is 11.3 Å². The minimum atomic E-state index is -3.30. The molecule has 0 fully saturated rings. The Morgan fingerprint density at radius 1 is 1.29 bits per heavy atom. The Kier molecular flexibility index (Phi) is 5.09. The van der Waals surface area contributed by atoms with E-state index in [4.69, 9.17) is 5.26 Å². The van der Waals surface area contributed by atoms with Crippen molar-refractivity contribution in [1.29, 1.82) is 5.26 Å². The first-order valence-electron chi connectivity index (χ1n) is 4.88. The van der Waals surface area contributed by atoms with Crippen molar-refractivity contribution in [1.82, 2.24) is 4.72 Å². The molecule has 1 N–H and O–H groups in total. The summed E-state index contributed by atoms with van der Waals surface area (Å²) < 4.78 is 25.4. The van der Waals surface area contributed by atoms with Crippen LogP contribution in [0.4, 0.5) is 0 Å². The number of rotatable bonds is 6. The molecule has 0 bridgehead atoms. The first-order chi connectivity index (χ1) is 6.45. The normalized spacial score (nSPS) is 12.4. The Balaban J connectivity index is 4.71. The molecule has 0 radical (unpaired) electrons. The van der Waals surface area contributed by atoms with Crippen LogP contribution in [0.1, 0.15) is 40.0 Å². The van der Waals surface area contributed by atoms with E-state index in [9.17, 15) is 8.42 Å². The highest BCUT2D eigenvalue weighted by molar-refractivity contribution is 7.89. The summed E-state index contributed by atoms with van der Waals surface area (Å²) >= 11 is 0. The molecule has 0 rings (SSSR count). The van der Waals surface area contributed by atoms with Crippen LogP contribution in [-0.2, 0) is 10.0 Å². The highest BCUT2D eigenvalue weighted by Gasteiger charge is 2.30. The molecule has 0 saturated carbocycles. The van der Waals surface area contributed by atoms with E-state index in [1.807, 2.05) is 6.07 Å². The molecule has 0 aromatic carbocycles. The molecule has 0 aliphatic heterocycles. The van der Waals surface area contributed by atoms with E-state index in [1.54, 1.807) is 20.8 Å². The maximum Gasteiger partial charge on any atom is 0.212 e. The zero-order chi connectivity index (χ0) is 11.2. The van der Waals surface area contributed by atoms with Crippen LogP contribution in [0.2, 0.25) is 0 Å². The van der Waals surface area contributed by atoms with Gasteiger partial charge in [0.1, 0.15) is 5.54 Å². The Labute approximate surface area is 86.4 Å². The molecule has 0 aliphatic carbocycles. The first kappa shape index (κ1) is 13.4. The fraction of sp³-hybridized carbons (Fsp3) is 0.889. The fourth-order valence-corrected chi connectivity index (χ4v) is 2.76. The molecule has 0 aromatic rings. The lowest BCUT2D eigenvalue weighted by Crippen LogP contribution is -2.47. The van der Waals surface area contributed by atoms with Crippen molar-refractivity contribution in [3.05, 3.63) is 0 Å². The third kappa shape index (κ3) is 3.64. The number of sulfonamides is 1. The van der Waals surface area contributed by atoms with Crippen LogP contribution >= 0.6 is 0 Å². The minimum absolute atomic E-state index is 0.0798. The van der Waals surface area contributed by atoms with E-state index >= 15 is 0 Å². The average molecular weight is 218 g/mol. The van der Waals surface area contributed by atoms with Gasteiger partial charge in [0.2, 0.25) is 10.0 Å². The number of nitrogens with zero attached hydrogens (tertiary/aromatic N) is 1.